The first-order valence-corrected chi connectivity index (χ1v) is 12.4. The lowest BCUT2D eigenvalue weighted by Gasteiger charge is -2.58. The quantitative estimate of drug-likeness (QED) is 0.613. The van der Waals surface area contributed by atoms with Crippen LogP contribution >= 0.6 is 0 Å². The standard InChI is InChI=1S/C27H36O/c1-16-23(26-10-17-4-18(11-26)6-19(5-17)12-26)2-3-24(25(16)28)27-13-20-7-21(14-27)9-22(8-20)15-27/h2-3,17-22,28H,4-15H2,1H3. The molecule has 0 spiro atoms. The zero-order valence-electron chi connectivity index (χ0n) is 17.6. The number of aromatic hydroxyl groups is 1. The van der Waals surface area contributed by atoms with Gasteiger partial charge in [0.05, 0.1) is 0 Å². The van der Waals surface area contributed by atoms with E-state index >= 15 is 0 Å². The number of hydrogen-bond acceptors (Lipinski definition) is 1. The van der Waals surface area contributed by atoms with E-state index in [4.69, 9.17) is 0 Å². The third kappa shape index (κ3) is 2.15. The average molecular weight is 377 g/mol. The van der Waals surface area contributed by atoms with E-state index in [0.717, 1.165) is 35.5 Å². The lowest BCUT2D eigenvalue weighted by molar-refractivity contribution is -0.00799. The molecule has 1 aromatic rings. The molecule has 1 N–H and O–H groups in total. The van der Waals surface area contributed by atoms with Gasteiger partial charge in [0.25, 0.3) is 0 Å². The SMILES string of the molecule is Cc1c(C23CC4CC(CC(C4)C2)C3)ccc(C23CC4CC(CC(C4)C2)C3)c1O. The summed E-state index contributed by atoms with van der Waals surface area (Å²) in [6, 6.07) is 4.93. The summed E-state index contributed by atoms with van der Waals surface area (Å²) in [4.78, 5) is 0. The highest BCUT2D eigenvalue weighted by molar-refractivity contribution is 5.52. The Kier molecular flexibility index (Phi) is 3.22. The van der Waals surface area contributed by atoms with Crippen molar-refractivity contribution < 1.29 is 5.11 Å². The third-order valence-corrected chi connectivity index (χ3v) is 10.7. The molecule has 0 heterocycles. The molecule has 8 aliphatic carbocycles. The van der Waals surface area contributed by atoms with Crippen LogP contribution in [0.15, 0.2) is 12.1 Å². The van der Waals surface area contributed by atoms with Gasteiger partial charge >= 0.3 is 0 Å². The molecule has 150 valence electrons. The van der Waals surface area contributed by atoms with Crippen molar-refractivity contribution in [1.82, 2.24) is 0 Å². The maximum Gasteiger partial charge on any atom is 0.122 e. The van der Waals surface area contributed by atoms with Crippen LogP contribution in [0, 0.1) is 42.4 Å². The minimum Gasteiger partial charge on any atom is -0.507 e. The van der Waals surface area contributed by atoms with Crippen molar-refractivity contribution in [3.63, 3.8) is 0 Å². The second-order valence-corrected chi connectivity index (χ2v) is 12.5. The summed E-state index contributed by atoms with van der Waals surface area (Å²) in [5, 5.41) is 11.5. The Morgan fingerprint density at radius 3 is 1.32 bits per heavy atom. The Bertz CT molecular complexity index is 693. The van der Waals surface area contributed by atoms with Gasteiger partial charge in [0, 0.05) is 5.56 Å². The second kappa shape index (κ2) is 5.38. The molecule has 0 amide bonds. The van der Waals surface area contributed by atoms with Crippen LogP contribution in [0.3, 0.4) is 0 Å². The van der Waals surface area contributed by atoms with Gasteiger partial charge in [-0.05, 0) is 141 Å². The number of benzene rings is 1. The number of rotatable bonds is 2. The first kappa shape index (κ1) is 16.8. The molecule has 8 aliphatic rings. The predicted octanol–water partition coefficient (Wildman–Crippen LogP) is 6.64. The lowest BCUT2D eigenvalue weighted by atomic mass is 9.46. The summed E-state index contributed by atoms with van der Waals surface area (Å²) in [6.07, 6.45) is 17.2. The highest BCUT2D eigenvalue weighted by Crippen LogP contribution is 2.64. The molecule has 9 rings (SSSR count). The molecule has 1 aromatic carbocycles. The molecule has 1 heteroatoms. The van der Waals surface area contributed by atoms with E-state index in [0.29, 0.717) is 16.6 Å². The molecule has 28 heavy (non-hydrogen) atoms. The Hall–Kier alpha value is -0.980. The fourth-order valence-electron chi connectivity index (χ4n) is 10.6. The first-order valence-electron chi connectivity index (χ1n) is 12.4. The Morgan fingerprint density at radius 2 is 0.929 bits per heavy atom. The summed E-state index contributed by atoms with van der Waals surface area (Å²) >= 11 is 0. The first-order chi connectivity index (χ1) is 13.5. The molecule has 0 saturated heterocycles. The van der Waals surface area contributed by atoms with Gasteiger partial charge in [-0.25, -0.2) is 0 Å². The van der Waals surface area contributed by atoms with Crippen LogP contribution in [0.25, 0.3) is 0 Å². The largest absolute Gasteiger partial charge is 0.507 e. The molecule has 0 unspecified atom stereocenters. The van der Waals surface area contributed by atoms with Crippen LogP contribution in [-0.4, -0.2) is 5.11 Å². The van der Waals surface area contributed by atoms with Crippen molar-refractivity contribution in [1.29, 1.82) is 0 Å². The summed E-state index contributed by atoms with van der Waals surface area (Å²) in [5.41, 5.74) is 4.85. The molecular weight excluding hydrogens is 340 g/mol. The second-order valence-electron chi connectivity index (χ2n) is 12.5. The van der Waals surface area contributed by atoms with Crippen LogP contribution < -0.4 is 0 Å². The van der Waals surface area contributed by atoms with Crippen LogP contribution in [0.2, 0.25) is 0 Å². The third-order valence-electron chi connectivity index (χ3n) is 10.7. The van der Waals surface area contributed by atoms with Crippen molar-refractivity contribution in [2.45, 2.75) is 94.8 Å². The molecule has 8 bridgehead atoms. The zero-order valence-corrected chi connectivity index (χ0v) is 17.6. The van der Waals surface area contributed by atoms with Crippen LogP contribution in [-0.2, 0) is 10.8 Å². The Morgan fingerprint density at radius 1 is 0.607 bits per heavy atom. The summed E-state index contributed by atoms with van der Waals surface area (Å²) in [7, 11) is 0. The monoisotopic (exact) mass is 376 g/mol. The fourth-order valence-corrected chi connectivity index (χ4v) is 10.6. The minimum absolute atomic E-state index is 0.309. The molecule has 0 atom stereocenters. The van der Waals surface area contributed by atoms with Gasteiger partial charge in [-0.15, -0.1) is 0 Å². The summed E-state index contributed by atoms with van der Waals surface area (Å²) < 4.78 is 0. The van der Waals surface area contributed by atoms with Crippen LogP contribution in [0.4, 0.5) is 0 Å². The van der Waals surface area contributed by atoms with Gasteiger partial charge in [0.1, 0.15) is 5.75 Å². The van der Waals surface area contributed by atoms with Crippen molar-refractivity contribution in [2.24, 2.45) is 35.5 Å². The van der Waals surface area contributed by atoms with Crippen LogP contribution in [0.1, 0.15) is 93.7 Å². The molecule has 8 saturated carbocycles. The van der Waals surface area contributed by atoms with E-state index in [1.54, 1.807) is 0 Å². The van der Waals surface area contributed by atoms with Gasteiger partial charge in [0.15, 0.2) is 0 Å². The van der Waals surface area contributed by atoms with Crippen molar-refractivity contribution in [2.75, 3.05) is 0 Å². The van der Waals surface area contributed by atoms with Crippen molar-refractivity contribution in [3.05, 3.63) is 28.8 Å². The normalized spacial score (nSPS) is 50.5. The van der Waals surface area contributed by atoms with Gasteiger partial charge in [-0.2, -0.15) is 0 Å². The van der Waals surface area contributed by atoms with Gasteiger partial charge < -0.3 is 5.11 Å². The lowest BCUT2D eigenvalue weighted by Crippen LogP contribution is -2.49. The minimum atomic E-state index is 0.309. The predicted molar refractivity (Wildman–Crippen MR) is 113 cm³/mol. The topological polar surface area (TPSA) is 20.2 Å². The van der Waals surface area contributed by atoms with E-state index in [1.165, 1.54) is 93.7 Å². The van der Waals surface area contributed by atoms with E-state index in [2.05, 4.69) is 19.1 Å². The Balaban J connectivity index is 1.30. The number of phenolic OH excluding ortho intramolecular Hbond substituents is 1. The zero-order chi connectivity index (χ0) is 18.7. The highest BCUT2D eigenvalue weighted by Gasteiger charge is 2.54. The van der Waals surface area contributed by atoms with Gasteiger partial charge in [-0.3, -0.25) is 0 Å². The molecule has 0 aliphatic heterocycles. The number of phenols is 1. The summed E-state index contributed by atoms with van der Waals surface area (Å²) in [6.45, 7) is 2.26. The molecule has 0 radical (unpaired) electrons. The van der Waals surface area contributed by atoms with E-state index in [-0.39, 0.29) is 0 Å². The average Bonchev–Trinajstić information content (AvgIpc) is 2.61. The van der Waals surface area contributed by atoms with Crippen LogP contribution in [0.5, 0.6) is 5.75 Å². The highest BCUT2D eigenvalue weighted by atomic mass is 16.3. The molecule has 8 fully saturated rings. The maximum absolute atomic E-state index is 11.5. The molecular formula is C27H36O. The number of hydrogen-bond donors (Lipinski definition) is 1. The maximum atomic E-state index is 11.5. The summed E-state index contributed by atoms with van der Waals surface area (Å²) in [5.74, 6) is 6.42. The molecule has 1 nitrogen and oxygen atoms in total. The smallest absolute Gasteiger partial charge is 0.122 e. The van der Waals surface area contributed by atoms with Crippen molar-refractivity contribution >= 4 is 0 Å². The van der Waals surface area contributed by atoms with Gasteiger partial charge in [0.2, 0.25) is 0 Å². The van der Waals surface area contributed by atoms with Crippen molar-refractivity contribution in [3.8, 4) is 5.75 Å². The molecule has 0 aromatic heterocycles. The van der Waals surface area contributed by atoms with E-state index in [9.17, 15) is 5.11 Å². The fraction of sp³-hybridized carbons (Fsp3) is 0.778. The van der Waals surface area contributed by atoms with E-state index in [1.807, 2.05) is 0 Å². The van der Waals surface area contributed by atoms with E-state index < -0.39 is 0 Å². The Labute approximate surface area is 170 Å². The van der Waals surface area contributed by atoms with Gasteiger partial charge in [-0.1, -0.05) is 12.1 Å².